The van der Waals surface area contributed by atoms with Crippen molar-refractivity contribution in [2.45, 2.75) is 31.7 Å². The first-order valence-electron chi connectivity index (χ1n) is 6.22. The van der Waals surface area contributed by atoms with E-state index in [0.717, 1.165) is 12.6 Å². The molecule has 1 heterocycles. The number of rotatable bonds is 4. The van der Waals surface area contributed by atoms with E-state index >= 15 is 0 Å². The Morgan fingerprint density at radius 3 is 2.88 bits per heavy atom. The summed E-state index contributed by atoms with van der Waals surface area (Å²) in [4.78, 5) is 0. The molecule has 0 saturated carbocycles. The van der Waals surface area contributed by atoms with Gasteiger partial charge in [-0.05, 0) is 30.1 Å². The quantitative estimate of drug-likeness (QED) is 0.859. The zero-order valence-electron chi connectivity index (χ0n) is 9.99. The molecule has 1 saturated heterocycles. The first kappa shape index (κ1) is 12.0. The van der Waals surface area contributed by atoms with Crippen molar-refractivity contribution in [3.63, 3.8) is 0 Å². The van der Waals surface area contributed by atoms with Crippen LogP contribution in [-0.2, 0) is 0 Å². The highest BCUT2D eigenvalue weighted by Crippen LogP contribution is 2.18. The maximum Gasteiger partial charge on any atom is 0.0158 e. The molecule has 1 fully saturated rings. The first-order valence-corrected chi connectivity index (χ1v) is 7.38. The van der Waals surface area contributed by atoms with Crippen LogP contribution in [0.1, 0.15) is 31.2 Å². The molecule has 2 rings (SSSR count). The second kappa shape index (κ2) is 6.31. The largest absolute Gasteiger partial charge is 0.313 e. The Bertz CT molecular complexity index is 293. The molecule has 0 radical (unpaired) electrons. The van der Waals surface area contributed by atoms with Crippen molar-refractivity contribution < 1.29 is 0 Å². The molecule has 1 nitrogen and oxygen atoms in total. The van der Waals surface area contributed by atoms with E-state index < -0.39 is 0 Å². The highest BCUT2D eigenvalue weighted by Gasteiger charge is 2.14. The lowest BCUT2D eigenvalue weighted by Crippen LogP contribution is -2.36. The van der Waals surface area contributed by atoms with Crippen molar-refractivity contribution in [1.82, 2.24) is 5.32 Å². The lowest BCUT2D eigenvalue weighted by molar-refractivity contribution is 0.488. The molecule has 0 aromatic heterocycles. The minimum absolute atomic E-state index is 0.619. The molecule has 0 bridgehead atoms. The van der Waals surface area contributed by atoms with Crippen LogP contribution in [0.25, 0.3) is 0 Å². The van der Waals surface area contributed by atoms with Crippen LogP contribution in [0, 0.1) is 0 Å². The van der Waals surface area contributed by atoms with Gasteiger partial charge in [0.2, 0.25) is 0 Å². The van der Waals surface area contributed by atoms with Crippen molar-refractivity contribution in [3.8, 4) is 0 Å². The van der Waals surface area contributed by atoms with Gasteiger partial charge in [0.25, 0.3) is 0 Å². The van der Waals surface area contributed by atoms with E-state index in [2.05, 4.69) is 54.3 Å². The summed E-state index contributed by atoms with van der Waals surface area (Å²) in [5, 5.41) is 3.70. The van der Waals surface area contributed by atoms with Crippen LogP contribution in [0.5, 0.6) is 0 Å². The molecule has 2 unspecified atom stereocenters. The third kappa shape index (κ3) is 3.53. The van der Waals surface area contributed by atoms with Crippen molar-refractivity contribution in [1.29, 1.82) is 0 Å². The van der Waals surface area contributed by atoms with Crippen molar-refractivity contribution in [2.75, 3.05) is 18.1 Å². The zero-order valence-corrected chi connectivity index (χ0v) is 10.8. The molecule has 0 amide bonds. The molecule has 2 atom stereocenters. The van der Waals surface area contributed by atoms with Crippen LogP contribution in [0.15, 0.2) is 30.3 Å². The van der Waals surface area contributed by atoms with E-state index in [1.165, 1.54) is 29.9 Å². The lowest BCUT2D eigenvalue weighted by atomic mass is 10.0. The van der Waals surface area contributed by atoms with Crippen LogP contribution in [0.2, 0.25) is 0 Å². The molecule has 0 spiro atoms. The molecule has 1 aliphatic rings. The summed E-state index contributed by atoms with van der Waals surface area (Å²) in [5.41, 5.74) is 1.44. The van der Waals surface area contributed by atoms with Gasteiger partial charge in [0, 0.05) is 18.3 Å². The molecule has 1 aromatic carbocycles. The Labute approximate surface area is 103 Å². The van der Waals surface area contributed by atoms with Crippen molar-refractivity contribution in [2.24, 2.45) is 0 Å². The van der Waals surface area contributed by atoms with Gasteiger partial charge < -0.3 is 5.32 Å². The van der Waals surface area contributed by atoms with Crippen LogP contribution in [0.3, 0.4) is 0 Å². The number of thioether (sulfide) groups is 1. The van der Waals surface area contributed by atoms with Gasteiger partial charge in [-0.1, -0.05) is 37.3 Å². The molecule has 88 valence electrons. The third-order valence-electron chi connectivity index (χ3n) is 3.24. The summed E-state index contributed by atoms with van der Waals surface area (Å²) in [7, 11) is 0. The van der Waals surface area contributed by atoms with Crippen LogP contribution >= 0.6 is 11.8 Å². The molecule has 1 aliphatic heterocycles. The summed E-state index contributed by atoms with van der Waals surface area (Å²) in [6, 6.07) is 11.5. The topological polar surface area (TPSA) is 12.0 Å². The minimum Gasteiger partial charge on any atom is -0.313 e. The molecular formula is C14H21NS. The zero-order chi connectivity index (χ0) is 11.2. The van der Waals surface area contributed by atoms with E-state index in [-0.39, 0.29) is 0 Å². The van der Waals surface area contributed by atoms with E-state index in [4.69, 9.17) is 0 Å². The van der Waals surface area contributed by atoms with Crippen LogP contribution in [0.4, 0.5) is 0 Å². The van der Waals surface area contributed by atoms with Crippen molar-refractivity contribution >= 4 is 11.8 Å². The smallest absolute Gasteiger partial charge is 0.0158 e. The summed E-state index contributed by atoms with van der Waals surface area (Å²) in [5.74, 6) is 3.27. The minimum atomic E-state index is 0.619. The predicted octanol–water partition coefficient (Wildman–Crippen LogP) is 3.28. The van der Waals surface area contributed by atoms with E-state index in [1.807, 2.05) is 0 Å². The number of nitrogens with one attached hydrogen (secondary N) is 1. The van der Waals surface area contributed by atoms with Crippen LogP contribution in [-0.4, -0.2) is 24.1 Å². The average Bonchev–Trinajstić information content (AvgIpc) is 2.38. The normalized spacial score (nSPS) is 22.9. The van der Waals surface area contributed by atoms with Gasteiger partial charge in [-0.3, -0.25) is 0 Å². The summed E-state index contributed by atoms with van der Waals surface area (Å²) in [6.45, 7) is 3.41. The van der Waals surface area contributed by atoms with Gasteiger partial charge >= 0.3 is 0 Å². The van der Waals surface area contributed by atoms with Gasteiger partial charge in [-0.25, -0.2) is 0 Å². The number of benzene rings is 1. The Kier molecular flexibility index (Phi) is 4.73. The van der Waals surface area contributed by atoms with Gasteiger partial charge in [-0.2, -0.15) is 11.8 Å². The fourth-order valence-electron chi connectivity index (χ4n) is 2.14. The second-order valence-electron chi connectivity index (χ2n) is 4.63. The first-order chi connectivity index (χ1) is 7.86. The SMILES string of the molecule is CC(CNC1CCCSC1)c1ccccc1. The fraction of sp³-hybridized carbons (Fsp3) is 0.571. The summed E-state index contributed by atoms with van der Waals surface area (Å²) >= 11 is 2.09. The molecule has 0 aliphatic carbocycles. The molecular weight excluding hydrogens is 214 g/mol. The Morgan fingerprint density at radius 1 is 1.38 bits per heavy atom. The van der Waals surface area contributed by atoms with Gasteiger partial charge in [0.1, 0.15) is 0 Å². The average molecular weight is 235 g/mol. The maximum absolute atomic E-state index is 3.70. The van der Waals surface area contributed by atoms with Gasteiger partial charge in [0.15, 0.2) is 0 Å². The van der Waals surface area contributed by atoms with Gasteiger partial charge in [-0.15, -0.1) is 0 Å². The molecule has 2 heteroatoms. The van der Waals surface area contributed by atoms with Gasteiger partial charge in [0.05, 0.1) is 0 Å². The van der Waals surface area contributed by atoms with Crippen molar-refractivity contribution in [3.05, 3.63) is 35.9 Å². The number of hydrogen-bond donors (Lipinski definition) is 1. The Hall–Kier alpha value is -0.470. The van der Waals surface area contributed by atoms with E-state index in [1.54, 1.807) is 0 Å². The highest BCUT2D eigenvalue weighted by molar-refractivity contribution is 7.99. The van der Waals surface area contributed by atoms with E-state index in [9.17, 15) is 0 Å². The second-order valence-corrected chi connectivity index (χ2v) is 5.78. The Morgan fingerprint density at radius 2 is 2.19 bits per heavy atom. The molecule has 16 heavy (non-hydrogen) atoms. The standard InChI is InChI=1S/C14H21NS/c1-12(13-6-3-2-4-7-13)10-15-14-8-5-9-16-11-14/h2-4,6-7,12,14-15H,5,8-11H2,1H3. The summed E-state index contributed by atoms with van der Waals surface area (Å²) < 4.78 is 0. The molecule has 1 aromatic rings. The molecule has 1 N–H and O–H groups in total. The lowest BCUT2D eigenvalue weighted by Gasteiger charge is -2.24. The van der Waals surface area contributed by atoms with E-state index in [0.29, 0.717) is 5.92 Å². The third-order valence-corrected chi connectivity index (χ3v) is 4.46. The Balaban J connectivity index is 1.77. The highest BCUT2D eigenvalue weighted by atomic mass is 32.2. The number of hydrogen-bond acceptors (Lipinski definition) is 2. The predicted molar refractivity (Wildman–Crippen MR) is 73.2 cm³/mol. The monoisotopic (exact) mass is 235 g/mol. The maximum atomic E-state index is 3.70. The van der Waals surface area contributed by atoms with Crippen LogP contribution < -0.4 is 5.32 Å². The fourth-order valence-corrected chi connectivity index (χ4v) is 3.25. The summed E-state index contributed by atoms with van der Waals surface area (Å²) in [6.07, 6.45) is 2.73.